The molecule has 0 unspecified atom stereocenters. The lowest BCUT2D eigenvalue weighted by atomic mass is 10.2. The van der Waals surface area contributed by atoms with Gasteiger partial charge in [0.25, 0.3) is 0 Å². The van der Waals surface area contributed by atoms with E-state index in [2.05, 4.69) is 10.1 Å². The van der Waals surface area contributed by atoms with E-state index in [1.165, 1.54) is 25.3 Å². The molecule has 7 nitrogen and oxygen atoms in total. The van der Waals surface area contributed by atoms with E-state index < -0.39 is 12.5 Å². The van der Waals surface area contributed by atoms with Crippen molar-refractivity contribution >= 4 is 17.5 Å². The average molecular weight is 393 g/mol. The number of ether oxygens (including phenoxy) is 2. The number of halogens is 2. The van der Waals surface area contributed by atoms with E-state index in [1.54, 1.807) is 36.2 Å². The fraction of sp³-hybridized carbons (Fsp3) is 0.263. The second-order valence-electron chi connectivity index (χ2n) is 6.03. The van der Waals surface area contributed by atoms with Crippen LogP contribution >= 0.6 is 0 Å². The van der Waals surface area contributed by atoms with Crippen LogP contribution in [0.25, 0.3) is 0 Å². The Hall–Kier alpha value is -3.20. The van der Waals surface area contributed by atoms with E-state index >= 15 is 0 Å². The van der Waals surface area contributed by atoms with Crippen LogP contribution in [0.15, 0.2) is 42.5 Å². The first-order valence-corrected chi connectivity index (χ1v) is 8.28. The maximum absolute atomic E-state index is 12.4. The van der Waals surface area contributed by atoms with Gasteiger partial charge in [-0.05, 0) is 49.0 Å². The fourth-order valence-corrected chi connectivity index (χ4v) is 2.53. The summed E-state index contributed by atoms with van der Waals surface area (Å²) in [6.07, 6.45) is 0. The van der Waals surface area contributed by atoms with Gasteiger partial charge >= 0.3 is 6.61 Å². The van der Waals surface area contributed by atoms with Crippen molar-refractivity contribution in [1.29, 1.82) is 0 Å². The Morgan fingerprint density at radius 2 is 1.82 bits per heavy atom. The highest BCUT2D eigenvalue weighted by molar-refractivity contribution is 5.95. The Balaban J connectivity index is 1.92. The van der Waals surface area contributed by atoms with Crippen LogP contribution in [0.3, 0.4) is 0 Å². The van der Waals surface area contributed by atoms with E-state index in [-0.39, 0.29) is 24.0 Å². The molecule has 0 bridgehead atoms. The number of methoxy groups -OCH3 is 1. The molecular weight excluding hydrogens is 372 g/mol. The number of benzene rings is 2. The maximum Gasteiger partial charge on any atom is 0.387 e. The van der Waals surface area contributed by atoms with E-state index in [0.29, 0.717) is 17.8 Å². The smallest absolute Gasteiger partial charge is 0.387 e. The Kier molecular flexibility index (Phi) is 7.28. The molecule has 0 aliphatic heterocycles. The lowest BCUT2D eigenvalue weighted by Gasteiger charge is -2.18. The number of likely N-dealkylation sites (N-methyl/N-ethyl adjacent to an activating group) is 1. The number of hydrogen-bond donors (Lipinski definition) is 2. The maximum atomic E-state index is 12.4. The lowest BCUT2D eigenvalue weighted by Crippen LogP contribution is -2.29. The van der Waals surface area contributed by atoms with Gasteiger partial charge in [0.2, 0.25) is 11.8 Å². The summed E-state index contributed by atoms with van der Waals surface area (Å²) in [6, 6.07) is 10.8. The van der Waals surface area contributed by atoms with E-state index in [1.807, 2.05) is 0 Å². The van der Waals surface area contributed by atoms with Crippen LogP contribution in [-0.4, -0.2) is 44.0 Å². The van der Waals surface area contributed by atoms with Gasteiger partial charge in [-0.15, -0.1) is 0 Å². The van der Waals surface area contributed by atoms with Gasteiger partial charge in [-0.2, -0.15) is 8.78 Å². The minimum atomic E-state index is -2.94. The van der Waals surface area contributed by atoms with Gasteiger partial charge < -0.3 is 20.5 Å². The topological polar surface area (TPSA) is 93.9 Å². The van der Waals surface area contributed by atoms with Crippen LogP contribution in [0.1, 0.15) is 15.9 Å². The quantitative estimate of drug-likeness (QED) is 0.683. The highest BCUT2D eigenvalue weighted by Crippen LogP contribution is 2.29. The number of nitrogens with two attached hydrogens (primary N) is 1. The van der Waals surface area contributed by atoms with Gasteiger partial charge in [0.05, 0.1) is 13.7 Å². The Bertz CT molecular complexity index is 828. The highest BCUT2D eigenvalue weighted by Gasteiger charge is 2.13. The van der Waals surface area contributed by atoms with Crippen molar-refractivity contribution in [3.05, 3.63) is 53.6 Å². The third kappa shape index (κ3) is 6.20. The van der Waals surface area contributed by atoms with Crippen molar-refractivity contribution in [2.45, 2.75) is 13.2 Å². The summed E-state index contributed by atoms with van der Waals surface area (Å²) >= 11 is 0. The van der Waals surface area contributed by atoms with E-state index in [0.717, 1.165) is 5.56 Å². The molecule has 2 aromatic rings. The average Bonchev–Trinajstić information content (AvgIpc) is 2.62. The zero-order chi connectivity index (χ0) is 20.7. The summed E-state index contributed by atoms with van der Waals surface area (Å²) in [5, 5.41) is 2.72. The highest BCUT2D eigenvalue weighted by atomic mass is 19.3. The van der Waals surface area contributed by atoms with Crippen LogP contribution in [-0.2, 0) is 11.3 Å². The van der Waals surface area contributed by atoms with Crippen molar-refractivity contribution in [2.24, 2.45) is 5.73 Å². The van der Waals surface area contributed by atoms with Gasteiger partial charge in [0, 0.05) is 17.8 Å². The molecule has 0 heterocycles. The summed E-state index contributed by atoms with van der Waals surface area (Å²) in [4.78, 5) is 25.0. The summed E-state index contributed by atoms with van der Waals surface area (Å²) < 4.78 is 34.2. The lowest BCUT2D eigenvalue weighted by molar-refractivity contribution is -0.117. The van der Waals surface area contributed by atoms with Crippen molar-refractivity contribution in [3.8, 4) is 11.5 Å². The van der Waals surface area contributed by atoms with Crippen molar-refractivity contribution in [1.82, 2.24) is 4.90 Å². The van der Waals surface area contributed by atoms with Crippen LogP contribution in [0.5, 0.6) is 11.5 Å². The predicted molar refractivity (Wildman–Crippen MR) is 99.5 cm³/mol. The Labute approximate surface area is 161 Å². The molecule has 0 radical (unpaired) electrons. The van der Waals surface area contributed by atoms with Gasteiger partial charge in [0.15, 0.2) is 11.5 Å². The largest absolute Gasteiger partial charge is 0.493 e. The second-order valence-corrected chi connectivity index (χ2v) is 6.03. The van der Waals surface area contributed by atoms with E-state index in [9.17, 15) is 18.4 Å². The molecule has 2 amide bonds. The van der Waals surface area contributed by atoms with Gasteiger partial charge in [0.1, 0.15) is 0 Å². The summed E-state index contributed by atoms with van der Waals surface area (Å²) in [7, 11) is 3.10. The van der Waals surface area contributed by atoms with Gasteiger partial charge in [-0.25, -0.2) is 0 Å². The minimum absolute atomic E-state index is 0.0546. The third-order valence-electron chi connectivity index (χ3n) is 3.76. The predicted octanol–water partition coefficient (Wildman–Crippen LogP) is 2.47. The molecule has 9 heteroatoms. The molecule has 0 saturated carbocycles. The SMILES string of the molecule is COc1cc(CN(C)CC(=O)Nc2ccc(C(N)=O)cc2)ccc1OC(F)F. The number of carbonyl (C=O) groups excluding carboxylic acids is 2. The molecule has 28 heavy (non-hydrogen) atoms. The first-order valence-electron chi connectivity index (χ1n) is 8.28. The first-order chi connectivity index (χ1) is 13.3. The zero-order valence-corrected chi connectivity index (χ0v) is 15.4. The van der Waals surface area contributed by atoms with Crippen molar-refractivity contribution in [3.63, 3.8) is 0 Å². The number of amides is 2. The first kappa shape index (κ1) is 21.1. The number of anilines is 1. The molecule has 0 fully saturated rings. The number of primary amides is 1. The molecule has 2 rings (SSSR count). The molecule has 2 aromatic carbocycles. The normalized spacial score (nSPS) is 10.8. The van der Waals surface area contributed by atoms with Crippen molar-refractivity contribution in [2.75, 3.05) is 26.0 Å². The Morgan fingerprint density at radius 3 is 2.39 bits per heavy atom. The van der Waals surface area contributed by atoms with E-state index in [4.69, 9.17) is 10.5 Å². The number of rotatable bonds is 9. The monoisotopic (exact) mass is 393 g/mol. The number of hydrogen-bond acceptors (Lipinski definition) is 5. The Morgan fingerprint density at radius 1 is 1.14 bits per heavy atom. The van der Waals surface area contributed by atoms with Crippen molar-refractivity contribution < 1.29 is 27.8 Å². The zero-order valence-electron chi connectivity index (χ0n) is 15.4. The van der Waals surface area contributed by atoms with Gasteiger partial charge in [-0.1, -0.05) is 6.07 Å². The molecule has 0 saturated heterocycles. The van der Waals surface area contributed by atoms with Crippen LogP contribution in [0.4, 0.5) is 14.5 Å². The molecule has 0 aliphatic rings. The number of carbonyl (C=O) groups is 2. The number of alkyl halides is 2. The molecule has 0 spiro atoms. The third-order valence-corrected chi connectivity index (χ3v) is 3.76. The molecular formula is C19H21F2N3O4. The molecule has 0 aliphatic carbocycles. The molecule has 0 aromatic heterocycles. The minimum Gasteiger partial charge on any atom is -0.493 e. The second kappa shape index (κ2) is 9.65. The fourth-order valence-electron chi connectivity index (χ4n) is 2.53. The summed E-state index contributed by atoms with van der Waals surface area (Å²) in [5.74, 6) is -0.664. The van der Waals surface area contributed by atoms with Crippen LogP contribution < -0.4 is 20.5 Å². The number of nitrogens with one attached hydrogen (secondary N) is 1. The molecule has 3 N–H and O–H groups in total. The summed E-state index contributed by atoms with van der Waals surface area (Å²) in [5.41, 5.74) is 6.83. The number of nitrogens with zero attached hydrogens (tertiary/aromatic N) is 1. The van der Waals surface area contributed by atoms with Gasteiger partial charge in [-0.3, -0.25) is 14.5 Å². The van der Waals surface area contributed by atoms with Crippen LogP contribution in [0.2, 0.25) is 0 Å². The standard InChI is InChI=1S/C19H21F2N3O4/c1-24(10-12-3-8-15(28-19(20)21)16(9-12)27-2)11-17(25)23-14-6-4-13(5-7-14)18(22)26/h3-9,19H,10-11H2,1-2H3,(H2,22,26)(H,23,25). The van der Waals surface area contributed by atoms with Crippen LogP contribution in [0, 0.1) is 0 Å². The molecule has 150 valence electrons. The summed E-state index contributed by atoms with van der Waals surface area (Å²) in [6.45, 7) is -2.46. The molecule has 0 atom stereocenters.